The molecule has 5 rings (SSSR count). The van der Waals surface area contributed by atoms with Gasteiger partial charge in [0.25, 0.3) is 5.56 Å². The number of rotatable bonds is 6. The zero-order chi connectivity index (χ0) is 23.3. The molecule has 0 fully saturated rings. The molecule has 8 heteroatoms. The number of thioether (sulfide) groups is 1. The van der Waals surface area contributed by atoms with Crippen LogP contribution in [0.3, 0.4) is 0 Å². The predicted octanol–water partition coefficient (Wildman–Crippen LogP) is 5.64. The number of hydrogen-bond donors (Lipinski definition) is 0. The first-order valence-electron chi connectivity index (χ1n) is 11.6. The van der Waals surface area contributed by atoms with Gasteiger partial charge in [-0.25, -0.2) is 8.97 Å². The Kier molecular flexibility index (Phi) is 6.09. The number of hydrogen-bond acceptors (Lipinski definition) is 6. The van der Waals surface area contributed by atoms with Crippen molar-refractivity contribution >= 4 is 39.1 Å². The first-order chi connectivity index (χ1) is 15.8. The molecule has 0 spiro atoms. The van der Waals surface area contributed by atoms with Crippen molar-refractivity contribution in [1.29, 1.82) is 0 Å². The molecule has 0 N–H and O–H groups in total. The second-order valence-corrected chi connectivity index (χ2v) is 11.8. The maximum absolute atomic E-state index is 14.0. The van der Waals surface area contributed by atoms with Crippen LogP contribution in [0.2, 0.25) is 0 Å². The molecule has 0 saturated heterocycles. The molecule has 1 aliphatic rings. The molecule has 33 heavy (non-hydrogen) atoms. The summed E-state index contributed by atoms with van der Waals surface area (Å²) in [6.45, 7) is 11.4. The molecule has 0 saturated carbocycles. The predicted molar refractivity (Wildman–Crippen MR) is 136 cm³/mol. The molecule has 1 atom stereocenters. The molecule has 0 radical (unpaired) electrons. The highest BCUT2D eigenvalue weighted by molar-refractivity contribution is 7.99. The Morgan fingerprint density at radius 3 is 2.79 bits per heavy atom. The van der Waals surface area contributed by atoms with Gasteiger partial charge in [0.05, 0.1) is 23.8 Å². The molecule has 4 aromatic rings. The van der Waals surface area contributed by atoms with Gasteiger partial charge in [-0.3, -0.25) is 4.79 Å². The van der Waals surface area contributed by atoms with E-state index in [0.29, 0.717) is 24.2 Å². The molecule has 4 heterocycles. The van der Waals surface area contributed by atoms with Gasteiger partial charge in [-0.15, -0.1) is 21.5 Å². The van der Waals surface area contributed by atoms with Gasteiger partial charge in [0.1, 0.15) is 4.83 Å². The van der Waals surface area contributed by atoms with E-state index < -0.39 is 0 Å². The van der Waals surface area contributed by atoms with Crippen LogP contribution >= 0.6 is 23.1 Å². The molecule has 1 aliphatic heterocycles. The van der Waals surface area contributed by atoms with Crippen LogP contribution in [-0.4, -0.2) is 31.0 Å². The van der Waals surface area contributed by atoms with E-state index in [-0.39, 0.29) is 11.7 Å². The van der Waals surface area contributed by atoms with Crippen LogP contribution < -0.4 is 5.56 Å². The highest BCUT2D eigenvalue weighted by Crippen LogP contribution is 2.37. The van der Waals surface area contributed by atoms with E-state index in [4.69, 9.17) is 4.74 Å². The average molecular weight is 483 g/mol. The second kappa shape index (κ2) is 8.89. The third-order valence-electron chi connectivity index (χ3n) is 6.27. The van der Waals surface area contributed by atoms with Crippen LogP contribution in [0.25, 0.3) is 21.7 Å². The van der Waals surface area contributed by atoms with Crippen LogP contribution in [-0.2, 0) is 17.8 Å². The molecule has 0 bridgehead atoms. The Labute approximate surface area is 202 Å². The molecule has 6 nitrogen and oxygen atoms in total. The summed E-state index contributed by atoms with van der Waals surface area (Å²) >= 11 is 3.37. The van der Waals surface area contributed by atoms with Crippen LogP contribution in [0.4, 0.5) is 0 Å². The lowest BCUT2D eigenvalue weighted by atomic mass is 9.96. The summed E-state index contributed by atoms with van der Waals surface area (Å²) in [5.41, 5.74) is 3.05. The summed E-state index contributed by atoms with van der Waals surface area (Å²) in [4.78, 5) is 16.1. The fourth-order valence-corrected chi connectivity index (χ4v) is 6.82. The molecular weight excluding hydrogens is 452 g/mol. The van der Waals surface area contributed by atoms with Gasteiger partial charge in [-0.1, -0.05) is 51.6 Å². The lowest BCUT2D eigenvalue weighted by molar-refractivity contribution is 0.00200. The summed E-state index contributed by atoms with van der Waals surface area (Å²) in [7, 11) is 0. The topological polar surface area (TPSA) is 61.4 Å². The number of thiophene rings is 1. The minimum atomic E-state index is -0.0175. The van der Waals surface area contributed by atoms with Crippen LogP contribution in [0, 0.1) is 18.8 Å². The molecule has 1 aromatic carbocycles. The monoisotopic (exact) mass is 482 g/mol. The van der Waals surface area contributed by atoms with E-state index in [9.17, 15) is 4.79 Å². The first kappa shape index (κ1) is 22.6. The van der Waals surface area contributed by atoms with Crippen molar-refractivity contribution in [3.05, 3.63) is 50.6 Å². The van der Waals surface area contributed by atoms with Crippen molar-refractivity contribution in [2.45, 2.75) is 65.3 Å². The Bertz CT molecular complexity index is 1380. The van der Waals surface area contributed by atoms with Gasteiger partial charge >= 0.3 is 0 Å². The zero-order valence-corrected chi connectivity index (χ0v) is 21.4. The summed E-state index contributed by atoms with van der Waals surface area (Å²) in [6, 6.07) is 8.03. The standard InChI is InChI=1S/C25H30N4O2S2/c1-14(2)9-10-32-25-27-26-24-28(17-8-6-7-16(5)11-17)22(30)21-18-12-19(15(3)4)31-13-20(18)33-23(21)29(24)25/h6-8,11,14-15,19H,9-10,12-13H2,1-5H3/t19-/m0/s1. The van der Waals surface area contributed by atoms with Crippen molar-refractivity contribution in [3.8, 4) is 5.69 Å². The molecule has 174 valence electrons. The molecule has 0 amide bonds. The maximum Gasteiger partial charge on any atom is 0.268 e. The molecule has 0 unspecified atom stereocenters. The van der Waals surface area contributed by atoms with Gasteiger partial charge in [0.2, 0.25) is 5.78 Å². The maximum atomic E-state index is 14.0. The van der Waals surface area contributed by atoms with E-state index in [2.05, 4.69) is 42.3 Å². The molecule has 3 aromatic heterocycles. The highest BCUT2D eigenvalue weighted by Gasteiger charge is 2.30. The van der Waals surface area contributed by atoms with Crippen molar-refractivity contribution in [1.82, 2.24) is 19.2 Å². The Morgan fingerprint density at radius 1 is 1.24 bits per heavy atom. The van der Waals surface area contributed by atoms with Crippen molar-refractivity contribution in [2.75, 3.05) is 5.75 Å². The van der Waals surface area contributed by atoms with Crippen molar-refractivity contribution in [3.63, 3.8) is 0 Å². The summed E-state index contributed by atoms with van der Waals surface area (Å²) in [6.07, 6.45) is 1.99. The number of fused-ring (bicyclic) bond motifs is 5. The third-order valence-corrected chi connectivity index (χ3v) is 8.42. The van der Waals surface area contributed by atoms with E-state index in [1.807, 2.05) is 31.2 Å². The van der Waals surface area contributed by atoms with Gasteiger partial charge in [0, 0.05) is 17.1 Å². The van der Waals surface area contributed by atoms with Crippen molar-refractivity contribution in [2.24, 2.45) is 11.8 Å². The van der Waals surface area contributed by atoms with E-state index >= 15 is 0 Å². The molecular formula is C25H30N4O2S2. The lowest BCUT2D eigenvalue weighted by Gasteiger charge is -2.26. The zero-order valence-electron chi connectivity index (χ0n) is 19.8. The number of aryl methyl sites for hydroxylation is 1. The SMILES string of the molecule is Cc1cccc(-n2c(=O)c3c4c(sc3n3c(SCCC(C)C)nnc23)CO[C@H](C(C)C)C4)c1. The fourth-order valence-electron chi connectivity index (χ4n) is 4.35. The van der Waals surface area contributed by atoms with Gasteiger partial charge in [0.15, 0.2) is 5.16 Å². The average Bonchev–Trinajstić information content (AvgIpc) is 3.34. The van der Waals surface area contributed by atoms with E-state index in [0.717, 1.165) is 55.7 Å². The van der Waals surface area contributed by atoms with Crippen LogP contribution in [0.5, 0.6) is 0 Å². The summed E-state index contributed by atoms with van der Waals surface area (Å²) in [5, 5.41) is 10.7. The first-order valence-corrected chi connectivity index (χ1v) is 13.4. The van der Waals surface area contributed by atoms with Crippen molar-refractivity contribution < 1.29 is 4.74 Å². The van der Waals surface area contributed by atoms with Crippen LogP contribution in [0.15, 0.2) is 34.2 Å². The number of ether oxygens (including phenoxy) is 1. The minimum Gasteiger partial charge on any atom is -0.372 e. The van der Waals surface area contributed by atoms with Gasteiger partial charge in [-0.05, 0) is 48.4 Å². The third kappa shape index (κ3) is 4.02. The van der Waals surface area contributed by atoms with Gasteiger partial charge in [-0.2, -0.15) is 0 Å². The van der Waals surface area contributed by atoms with E-state index in [1.54, 1.807) is 27.7 Å². The smallest absolute Gasteiger partial charge is 0.268 e. The fraction of sp³-hybridized carbons (Fsp3) is 0.480. The molecule has 0 aliphatic carbocycles. The van der Waals surface area contributed by atoms with Crippen LogP contribution in [0.1, 0.15) is 50.1 Å². The quantitative estimate of drug-likeness (QED) is 0.333. The lowest BCUT2D eigenvalue weighted by Crippen LogP contribution is -2.28. The normalized spacial score (nSPS) is 16.4. The number of benzene rings is 1. The number of aromatic nitrogens is 4. The Morgan fingerprint density at radius 2 is 2.06 bits per heavy atom. The Hall–Kier alpha value is -2.16. The Balaban J connectivity index is 1.78. The largest absolute Gasteiger partial charge is 0.372 e. The summed E-state index contributed by atoms with van der Waals surface area (Å²) < 4.78 is 9.97. The van der Waals surface area contributed by atoms with Gasteiger partial charge < -0.3 is 4.74 Å². The number of nitrogens with zero attached hydrogens (tertiary/aromatic N) is 4. The minimum absolute atomic E-state index is 0.0175. The summed E-state index contributed by atoms with van der Waals surface area (Å²) in [5.74, 6) is 2.56. The van der Waals surface area contributed by atoms with E-state index in [1.165, 1.54) is 0 Å². The highest BCUT2D eigenvalue weighted by atomic mass is 32.2. The second-order valence-electron chi connectivity index (χ2n) is 9.61.